The minimum absolute atomic E-state index is 0. The van der Waals surface area contributed by atoms with Gasteiger partial charge in [-0.25, -0.2) is 0 Å². The summed E-state index contributed by atoms with van der Waals surface area (Å²) < 4.78 is 28.9. The van der Waals surface area contributed by atoms with Crippen molar-refractivity contribution in [3.05, 3.63) is 60.2 Å². The van der Waals surface area contributed by atoms with Crippen LogP contribution in [0.1, 0.15) is 5.56 Å². The van der Waals surface area contributed by atoms with Crippen LogP contribution in [0.3, 0.4) is 0 Å². The normalized spacial score (nSPS) is 11.2. The number of rotatable bonds is 5. The molecular formula is C13H12NNaO3S-. The van der Waals surface area contributed by atoms with Gasteiger partial charge in [0.15, 0.2) is 0 Å². The smallest absolute Gasteiger partial charge is 0.121 e. The van der Waals surface area contributed by atoms with E-state index in [4.69, 9.17) is 4.74 Å². The Morgan fingerprint density at radius 2 is 1.84 bits per heavy atom. The number of anilines is 1. The van der Waals surface area contributed by atoms with Crippen molar-refractivity contribution in [3.8, 4) is 5.75 Å². The molecule has 0 aliphatic rings. The molecule has 2 rings (SSSR count). The summed E-state index contributed by atoms with van der Waals surface area (Å²) >= 11 is -2.32. The summed E-state index contributed by atoms with van der Waals surface area (Å²) in [5.41, 5.74) is 1.54. The third-order valence-electron chi connectivity index (χ3n) is 2.28. The Balaban J connectivity index is 0.00000180. The maximum absolute atomic E-state index is 10.5. The van der Waals surface area contributed by atoms with Crippen LogP contribution in [0.15, 0.2) is 54.6 Å². The fourth-order valence-electron chi connectivity index (χ4n) is 1.49. The molecule has 1 atom stereocenters. The first kappa shape index (κ1) is 16.2. The molecule has 2 aromatic rings. The molecule has 1 unspecified atom stereocenters. The molecule has 0 saturated carbocycles. The van der Waals surface area contributed by atoms with Gasteiger partial charge in [-0.05, 0) is 17.7 Å². The molecule has 95 valence electrons. The van der Waals surface area contributed by atoms with Gasteiger partial charge >= 0.3 is 0 Å². The van der Waals surface area contributed by atoms with E-state index in [0.29, 0.717) is 18.0 Å². The Morgan fingerprint density at radius 3 is 2.53 bits per heavy atom. The molecule has 0 aliphatic heterocycles. The summed E-state index contributed by atoms with van der Waals surface area (Å²) in [7, 11) is 0. The molecule has 1 N–H and O–H groups in total. The van der Waals surface area contributed by atoms with Gasteiger partial charge in [-0.1, -0.05) is 36.4 Å². The molecule has 0 amide bonds. The molecule has 0 aromatic heterocycles. The van der Waals surface area contributed by atoms with E-state index in [1.54, 1.807) is 24.3 Å². The van der Waals surface area contributed by atoms with Crippen LogP contribution in [0.2, 0.25) is 0 Å². The van der Waals surface area contributed by atoms with Crippen molar-refractivity contribution in [1.29, 1.82) is 0 Å². The molecule has 0 spiro atoms. The average molecular weight is 285 g/mol. The van der Waals surface area contributed by atoms with E-state index >= 15 is 0 Å². The predicted octanol–water partition coefficient (Wildman–Crippen LogP) is 2.09. The molecule has 19 heavy (non-hydrogen) atoms. The molecule has 0 fully saturated rings. The van der Waals surface area contributed by atoms with Gasteiger partial charge < -0.3 is 14.0 Å². The Labute approximate surface area is 136 Å². The third kappa shape index (κ3) is 5.76. The second kappa shape index (κ2) is 8.35. The predicted molar refractivity (Wildman–Crippen MR) is 75.5 cm³/mol. The van der Waals surface area contributed by atoms with E-state index in [-0.39, 0.29) is 29.6 Å². The molecule has 0 bridgehead atoms. The number of hydrogen-bond acceptors (Lipinski definition) is 3. The SMILES string of the molecule is O=S([O-])Nc1cccc(OCc2ccccc2)c1.[Na]. The summed E-state index contributed by atoms with van der Waals surface area (Å²) in [6, 6.07) is 16.6. The monoisotopic (exact) mass is 285 g/mol. The minimum atomic E-state index is -2.32. The van der Waals surface area contributed by atoms with Crippen LogP contribution in [0.25, 0.3) is 0 Å². The van der Waals surface area contributed by atoms with Crippen molar-refractivity contribution in [2.75, 3.05) is 4.72 Å². The molecule has 0 heterocycles. The Morgan fingerprint density at radius 1 is 1.11 bits per heavy atom. The van der Waals surface area contributed by atoms with Crippen molar-refractivity contribution in [3.63, 3.8) is 0 Å². The molecule has 6 heteroatoms. The molecule has 0 aliphatic carbocycles. The zero-order valence-corrected chi connectivity index (χ0v) is 13.4. The number of nitrogens with one attached hydrogen (secondary N) is 1. The van der Waals surface area contributed by atoms with Gasteiger partial charge in [-0.15, -0.1) is 0 Å². The maximum atomic E-state index is 10.5. The molecular weight excluding hydrogens is 273 g/mol. The van der Waals surface area contributed by atoms with E-state index in [1.807, 2.05) is 30.3 Å². The summed E-state index contributed by atoms with van der Waals surface area (Å²) in [5, 5.41) is 0. The first-order chi connectivity index (χ1) is 8.74. The van der Waals surface area contributed by atoms with Gasteiger partial charge in [0.25, 0.3) is 0 Å². The van der Waals surface area contributed by atoms with Crippen LogP contribution in [-0.2, 0) is 17.9 Å². The van der Waals surface area contributed by atoms with Gasteiger partial charge in [-0.3, -0.25) is 4.21 Å². The van der Waals surface area contributed by atoms with E-state index in [9.17, 15) is 8.76 Å². The van der Waals surface area contributed by atoms with Crippen molar-refractivity contribution in [2.24, 2.45) is 0 Å². The van der Waals surface area contributed by atoms with Gasteiger partial charge in [-0.2, -0.15) is 0 Å². The molecule has 4 nitrogen and oxygen atoms in total. The summed E-state index contributed by atoms with van der Waals surface area (Å²) in [6.07, 6.45) is 0. The van der Waals surface area contributed by atoms with Gasteiger partial charge in [0, 0.05) is 52.6 Å². The summed E-state index contributed by atoms with van der Waals surface area (Å²) in [6.45, 7) is 0.449. The standard InChI is InChI=1S/C13H13NO3S.Na/c15-18(16)14-12-7-4-8-13(9-12)17-10-11-5-2-1-3-6-11;/h1-9,14H,10H2,(H,15,16);/p-1. The Kier molecular flexibility index (Phi) is 7.12. The summed E-state index contributed by atoms with van der Waals surface area (Å²) in [5.74, 6) is 0.620. The van der Waals surface area contributed by atoms with Crippen LogP contribution in [0.4, 0.5) is 5.69 Å². The van der Waals surface area contributed by atoms with Crippen LogP contribution in [0, 0.1) is 0 Å². The molecule has 0 saturated heterocycles. The fraction of sp³-hybridized carbons (Fsp3) is 0.0769. The van der Waals surface area contributed by atoms with Crippen molar-refractivity contribution in [2.45, 2.75) is 6.61 Å². The number of benzene rings is 2. The van der Waals surface area contributed by atoms with Gasteiger partial charge in [0.2, 0.25) is 0 Å². The minimum Gasteiger partial charge on any atom is -0.755 e. The first-order valence-electron chi connectivity index (χ1n) is 5.37. The van der Waals surface area contributed by atoms with Crippen LogP contribution in [-0.4, -0.2) is 38.3 Å². The number of hydrogen-bond donors (Lipinski definition) is 1. The van der Waals surface area contributed by atoms with Gasteiger partial charge in [0.05, 0.1) is 0 Å². The van der Waals surface area contributed by atoms with E-state index in [2.05, 4.69) is 4.72 Å². The third-order valence-corrected chi connectivity index (χ3v) is 2.69. The van der Waals surface area contributed by atoms with E-state index in [1.165, 1.54) is 0 Å². The second-order valence-electron chi connectivity index (χ2n) is 3.64. The average Bonchev–Trinajstić information content (AvgIpc) is 2.37. The van der Waals surface area contributed by atoms with Crippen molar-refractivity contribution < 1.29 is 13.5 Å². The van der Waals surface area contributed by atoms with Crippen molar-refractivity contribution in [1.82, 2.24) is 0 Å². The van der Waals surface area contributed by atoms with Crippen LogP contribution < -0.4 is 9.46 Å². The topological polar surface area (TPSA) is 61.4 Å². The van der Waals surface area contributed by atoms with E-state index in [0.717, 1.165) is 5.56 Å². The van der Waals surface area contributed by atoms with Crippen molar-refractivity contribution >= 4 is 46.5 Å². The van der Waals surface area contributed by atoms with Gasteiger partial charge in [0.1, 0.15) is 12.4 Å². The van der Waals surface area contributed by atoms with Crippen LogP contribution >= 0.6 is 0 Å². The Bertz CT molecular complexity index is 536. The maximum Gasteiger partial charge on any atom is 0.121 e. The second-order valence-corrected chi connectivity index (χ2v) is 4.31. The number of ether oxygens (including phenoxy) is 1. The Hall–Kier alpha value is -0.850. The molecule has 2 aromatic carbocycles. The fourth-order valence-corrected chi connectivity index (χ4v) is 1.81. The van der Waals surface area contributed by atoms with E-state index < -0.39 is 11.3 Å². The quantitative estimate of drug-likeness (QED) is 0.676. The zero-order chi connectivity index (χ0) is 12.8. The summed E-state index contributed by atoms with van der Waals surface area (Å²) in [4.78, 5) is 0. The van der Waals surface area contributed by atoms with Crippen LogP contribution in [0.5, 0.6) is 5.75 Å². The zero-order valence-electron chi connectivity index (χ0n) is 10.5. The molecule has 1 radical (unpaired) electrons. The first-order valence-corrected chi connectivity index (χ1v) is 6.44. The largest absolute Gasteiger partial charge is 0.755 e.